The SMILES string of the molecule is CC12CCC(C)(O1)[C@]13C(=O)N(c4ccc(C#N)c(S(C)(=O)=O)c4)C(=O)[C@@H]1[C@H]23. The summed E-state index contributed by atoms with van der Waals surface area (Å²) in [6.45, 7) is 3.89. The van der Waals surface area contributed by atoms with E-state index in [2.05, 4.69) is 0 Å². The molecule has 3 aliphatic heterocycles. The van der Waals surface area contributed by atoms with Gasteiger partial charge < -0.3 is 4.74 Å². The number of hydrogen-bond donors (Lipinski definition) is 0. The van der Waals surface area contributed by atoms with E-state index in [0.29, 0.717) is 0 Å². The smallest absolute Gasteiger partial charge is 0.244 e. The van der Waals surface area contributed by atoms with Crippen molar-refractivity contribution in [3.63, 3.8) is 0 Å². The van der Waals surface area contributed by atoms with Crippen LogP contribution >= 0.6 is 0 Å². The second-order valence-electron chi connectivity index (χ2n) is 8.51. The van der Waals surface area contributed by atoms with Crippen LogP contribution in [0, 0.1) is 28.6 Å². The number of carbonyl (C=O) groups excluding carboxylic acids is 2. The molecule has 140 valence electrons. The van der Waals surface area contributed by atoms with Crippen molar-refractivity contribution in [2.75, 3.05) is 11.2 Å². The third kappa shape index (κ3) is 1.64. The molecule has 3 saturated heterocycles. The standard InChI is InChI=1S/C19H18N2O5S/c1-17-6-7-18(2,26-17)19-13(14(17)19)15(22)21(16(19)23)11-5-4-10(9-20)12(8-11)27(3,24)25/h4-5,8,13-14H,6-7H2,1-3H3/t13-,14+,17?,18?,19+/m0/s1. The van der Waals surface area contributed by atoms with Crippen LogP contribution in [0.1, 0.15) is 32.3 Å². The topological polar surface area (TPSA) is 105 Å². The van der Waals surface area contributed by atoms with E-state index >= 15 is 0 Å². The number of piperidine rings is 1. The minimum absolute atomic E-state index is 0.00993. The Labute approximate surface area is 156 Å². The lowest BCUT2D eigenvalue weighted by atomic mass is 9.74. The molecule has 8 heteroatoms. The van der Waals surface area contributed by atoms with Gasteiger partial charge in [-0.05, 0) is 44.9 Å². The largest absolute Gasteiger partial charge is 0.368 e. The molecular weight excluding hydrogens is 368 g/mol. The molecule has 1 spiro atoms. The van der Waals surface area contributed by atoms with E-state index in [9.17, 15) is 18.0 Å². The van der Waals surface area contributed by atoms with E-state index in [0.717, 1.165) is 24.0 Å². The Morgan fingerprint density at radius 3 is 2.59 bits per heavy atom. The highest BCUT2D eigenvalue weighted by Gasteiger charge is 2.94. The molecule has 2 amide bonds. The van der Waals surface area contributed by atoms with Crippen molar-refractivity contribution in [1.82, 2.24) is 0 Å². The van der Waals surface area contributed by atoms with Gasteiger partial charge in [0.2, 0.25) is 11.8 Å². The first-order valence-electron chi connectivity index (χ1n) is 8.84. The van der Waals surface area contributed by atoms with Gasteiger partial charge >= 0.3 is 0 Å². The molecule has 1 aromatic rings. The molecule has 3 heterocycles. The fourth-order valence-electron chi connectivity index (χ4n) is 6.04. The highest BCUT2D eigenvalue weighted by atomic mass is 32.2. The molecule has 27 heavy (non-hydrogen) atoms. The lowest BCUT2D eigenvalue weighted by Gasteiger charge is -2.30. The van der Waals surface area contributed by atoms with Gasteiger partial charge in [-0.15, -0.1) is 0 Å². The van der Waals surface area contributed by atoms with Crippen molar-refractivity contribution >= 4 is 27.3 Å². The molecule has 1 aliphatic carbocycles. The predicted octanol–water partition coefficient (Wildman–Crippen LogP) is 1.41. The van der Waals surface area contributed by atoms with Crippen molar-refractivity contribution < 1.29 is 22.7 Å². The average molecular weight is 386 g/mol. The molecule has 7 nitrogen and oxygen atoms in total. The Bertz CT molecular complexity index is 1110. The molecule has 2 bridgehead atoms. The van der Waals surface area contributed by atoms with Crippen LogP contribution in [0.25, 0.3) is 0 Å². The lowest BCUT2D eigenvalue weighted by molar-refractivity contribution is -0.131. The number of fused-ring (bicyclic) bond motifs is 4. The maximum absolute atomic E-state index is 13.4. The summed E-state index contributed by atoms with van der Waals surface area (Å²) in [5.41, 5.74) is -1.76. The number of anilines is 1. The summed E-state index contributed by atoms with van der Waals surface area (Å²) >= 11 is 0. The zero-order valence-corrected chi connectivity index (χ0v) is 16.0. The number of amides is 2. The monoisotopic (exact) mass is 386 g/mol. The van der Waals surface area contributed by atoms with Crippen LogP contribution in [0.3, 0.4) is 0 Å². The number of ether oxygens (including phenoxy) is 1. The number of benzene rings is 1. The van der Waals surface area contributed by atoms with E-state index in [1.54, 1.807) is 0 Å². The first-order valence-corrected chi connectivity index (χ1v) is 10.7. The molecule has 0 radical (unpaired) electrons. The van der Waals surface area contributed by atoms with Gasteiger partial charge in [0.05, 0.1) is 38.7 Å². The van der Waals surface area contributed by atoms with Crippen LogP contribution in [-0.4, -0.2) is 37.7 Å². The Morgan fingerprint density at radius 1 is 1.26 bits per heavy atom. The Hall–Kier alpha value is -2.24. The summed E-state index contributed by atoms with van der Waals surface area (Å²) in [5.74, 6) is -1.12. The molecule has 5 rings (SSSR count). The summed E-state index contributed by atoms with van der Waals surface area (Å²) in [4.78, 5) is 27.5. The first kappa shape index (κ1) is 16.9. The zero-order valence-electron chi connectivity index (χ0n) is 15.1. The van der Waals surface area contributed by atoms with Crippen LogP contribution < -0.4 is 4.90 Å². The number of nitriles is 1. The van der Waals surface area contributed by atoms with Gasteiger partial charge in [-0.2, -0.15) is 5.26 Å². The van der Waals surface area contributed by atoms with Gasteiger partial charge in [-0.3, -0.25) is 9.59 Å². The maximum atomic E-state index is 13.4. The van der Waals surface area contributed by atoms with Gasteiger partial charge in [0.1, 0.15) is 6.07 Å². The fourth-order valence-corrected chi connectivity index (χ4v) is 6.89. The van der Waals surface area contributed by atoms with Gasteiger partial charge in [-0.25, -0.2) is 13.3 Å². The van der Waals surface area contributed by atoms with Crippen LogP contribution in [-0.2, 0) is 24.2 Å². The second kappa shape index (κ2) is 4.42. The van der Waals surface area contributed by atoms with Crippen LogP contribution in [0.4, 0.5) is 5.69 Å². The van der Waals surface area contributed by atoms with Crippen molar-refractivity contribution in [2.24, 2.45) is 17.3 Å². The van der Waals surface area contributed by atoms with Crippen molar-refractivity contribution in [3.05, 3.63) is 23.8 Å². The van der Waals surface area contributed by atoms with Gasteiger partial charge in [0.15, 0.2) is 9.84 Å². The van der Waals surface area contributed by atoms with E-state index in [1.165, 1.54) is 18.2 Å². The third-order valence-electron chi connectivity index (χ3n) is 7.08. The van der Waals surface area contributed by atoms with E-state index in [4.69, 9.17) is 10.00 Å². The summed E-state index contributed by atoms with van der Waals surface area (Å²) < 4.78 is 30.3. The van der Waals surface area contributed by atoms with Crippen LogP contribution in [0.5, 0.6) is 0 Å². The van der Waals surface area contributed by atoms with Crippen molar-refractivity contribution in [2.45, 2.75) is 42.8 Å². The minimum atomic E-state index is -3.68. The van der Waals surface area contributed by atoms with Crippen LogP contribution in [0.15, 0.2) is 23.1 Å². The molecule has 1 saturated carbocycles. The molecule has 0 N–H and O–H groups in total. The van der Waals surface area contributed by atoms with E-state index in [-0.39, 0.29) is 33.9 Å². The first-order chi connectivity index (χ1) is 12.5. The average Bonchev–Trinajstić information content (AvgIpc) is 3.09. The summed E-state index contributed by atoms with van der Waals surface area (Å²) in [5, 5.41) is 9.17. The molecule has 4 aliphatic rings. The molecular formula is C19H18N2O5S. The summed E-state index contributed by atoms with van der Waals surface area (Å²) in [6, 6.07) is 5.88. The highest BCUT2D eigenvalue weighted by molar-refractivity contribution is 7.90. The lowest BCUT2D eigenvalue weighted by Crippen LogP contribution is -2.45. The zero-order chi connectivity index (χ0) is 19.6. The van der Waals surface area contributed by atoms with Gasteiger partial charge in [0.25, 0.3) is 0 Å². The summed E-state index contributed by atoms with van der Waals surface area (Å²) in [6.07, 6.45) is 2.56. The van der Waals surface area contributed by atoms with Crippen LogP contribution in [0.2, 0.25) is 0 Å². The predicted molar refractivity (Wildman–Crippen MR) is 93.3 cm³/mol. The second-order valence-corrected chi connectivity index (χ2v) is 10.5. The third-order valence-corrected chi connectivity index (χ3v) is 8.22. The van der Waals surface area contributed by atoms with E-state index in [1.807, 2.05) is 19.9 Å². The van der Waals surface area contributed by atoms with Crippen molar-refractivity contribution in [1.29, 1.82) is 5.26 Å². The number of rotatable bonds is 2. The fraction of sp³-hybridized carbons (Fsp3) is 0.526. The quantitative estimate of drug-likeness (QED) is 0.712. The number of imide groups is 1. The maximum Gasteiger partial charge on any atom is 0.244 e. The number of hydrogen-bond acceptors (Lipinski definition) is 6. The Balaban J connectivity index is 1.62. The molecule has 2 unspecified atom stereocenters. The van der Waals surface area contributed by atoms with Crippen molar-refractivity contribution in [3.8, 4) is 6.07 Å². The van der Waals surface area contributed by atoms with Gasteiger partial charge in [0, 0.05) is 12.2 Å². The molecule has 4 fully saturated rings. The summed E-state index contributed by atoms with van der Waals surface area (Å²) in [7, 11) is -3.68. The highest BCUT2D eigenvalue weighted by Crippen LogP contribution is 2.83. The Kier molecular flexibility index (Phi) is 2.77. The van der Waals surface area contributed by atoms with E-state index < -0.39 is 32.4 Å². The van der Waals surface area contributed by atoms with Gasteiger partial charge in [-0.1, -0.05) is 0 Å². The molecule has 5 atom stereocenters. The number of nitrogens with zero attached hydrogens (tertiary/aromatic N) is 2. The molecule has 0 aromatic heterocycles. The minimum Gasteiger partial charge on any atom is -0.368 e. The number of carbonyl (C=O) groups is 2. The Morgan fingerprint density at radius 2 is 1.96 bits per heavy atom. The normalized spacial score (nSPS) is 41.5. The molecule has 1 aromatic carbocycles. The number of sulfone groups is 1.